The summed E-state index contributed by atoms with van der Waals surface area (Å²) in [5.74, 6) is -0.357. The summed E-state index contributed by atoms with van der Waals surface area (Å²) in [4.78, 5) is 8.78. The third kappa shape index (κ3) is 1.81. The molecule has 0 saturated heterocycles. The molecule has 1 aliphatic rings. The number of halogens is 1. The Kier molecular flexibility index (Phi) is 2.67. The van der Waals surface area contributed by atoms with Gasteiger partial charge in [0.05, 0.1) is 17.5 Å². The van der Waals surface area contributed by atoms with Gasteiger partial charge in [0.25, 0.3) is 0 Å². The predicted octanol–water partition coefficient (Wildman–Crippen LogP) is 3.02. The van der Waals surface area contributed by atoms with Gasteiger partial charge in [-0.15, -0.1) is 0 Å². The number of aromatic nitrogens is 3. The molecule has 2 heterocycles. The van der Waals surface area contributed by atoms with Gasteiger partial charge in [-0.2, -0.15) is 0 Å². The number of nitrogens with zero attached hydrogens (tertiary/aromatic N) is 3. The van der Waals surface area contributed by atoms with Crippen molar-refractivity contribution in [3.63, 3.8) is 0 Å². The van der Waals surface area contributed by atoms with Crippen molar-refractivity contribution in [2.75, 3.05) is 5.73 Å². The van der Waals surface area contributed by atoms with Crippen LogP contribution in [-0.2, 0) is 12.8 Å². The molecule has 0 saturated carbocycles. The number of nitrogen functional groups attached to an aromatic ring is 1. The fourth-order valence-electron chi connectivity index (χ4n) is 3.11. The molecule has 2 aromatic heterocycles. The number of anilines is 1. The Morgan fingerprint density at radius 1 is 1.19 bits per heavy atom. The van der Waals surface area contributed by atoms with Crippen LogP contribution in [0.4, 0.5) is 10.1 Å². The zero-order chi connectivity index (χ0) is 14.4. The van der Waals surface area contributed by atoms with Crippen molar-refractivity contribution < 1.29 is 4.39 Å². The van der Waals surface area contributed by atoms with Gasteiger partial charge < -0.3 is 5.73 Å². The minimum absolute atomic E-state index is 0.357. The number of imidazole rings is 1. The van der Waals surface area contributed by atoms with Gasteiger partial charge in [0.15, 0.2) is 5.82 Å². The van der Waals surface area contributed by atoms with E-state index in [0.29, 0.717) is 16.9 Å². The second-order valence-electron chi connectivity index (χ2n) is 5.41. The van der Waals surface area contributed by atoms with Crippen molar-refractivity contribution >= 4 is 16.6 Å². The van der Waals surface area contributed by atoms with E-state index in [4.69, 9.17) is 5.73 Å². The summed E-state index contributed by atoms with van der Waals surface area (Å²) < 4.78 is 16.4. The van der Waals surface area contributed by atoms with Crippen LogP contribution in [0.5, 0.6) is 0 Å². The average Bonchev–Trinajstić information content (AvgIpc) is 2.92. The van der Waals surface area contributed by atoms with Crippen molar-refractivity contribution in [1.82, 2.24) is 14.5 Å². The number of fused-ring (bicyclic) bond motifs is 2. The largest absolute Gasteiger partial charge is 0.398 e. The highest BCUT2D eigenvalue weighted by atomic mass is 19.1. The standard InChI is InChI=1S/C16H15FN4/c17-11-8-12(18)10-4-3-7-19-15(10)16(11)21-9-20-13-5-1-2-6-14(13)21/h3-4,7-9H,1-2,5-6,18H2. The van der Waals surface area contributed by atoms with E-state index in [-0.39, 0.29) is 5.82 Å². The lowest BCUT2D eigenvalue weighted by atomic mass is 10.0. The van der Waals surface area contributed by atoms with Crippen molar-refractivity contribution in [3.8, 4) is 5.69 Å². The van der Waals surface area contributed by atoms with Crippen LogP contribution in [0.1, 0.15) is 24.2 Å². The number of pyridine rings is 1. The zero-order valence-corrected chi connectivity index (χ0v) is 11.5. The van der Waals surface area contributed by atoms with Gasteiger partial charge >= 0.3 is 0 Å². The molecule has 0 unspecified atom stereocenters. The summed E-state index contributed by atoms with van der Waals surface area (Å²) in [5, 5.41) is 0.771. The normalized spacial score (nSPS) is 14.3. The zero-order valence-electron chi connectivity index (χ0n) is 11.5. The summed E-state index contributed by atoms with van der Waals surface area (Å²) in [6, 6.07) is 5.04. The van der Waals surface area contributed by atoms with Crippen molar-refractivity contribution in [1.29, 1.82) is 0 Å². The Morgan fingerprint density at radius 2 is 2.05 bits per heavy atom. The number of rotatable bonds is 1. The van der Waals surface area contributed by atoms with E-state index in [2.05, 4.69) is 9.97 Å². The molecule has 0 radical (unpaired) electrons. The molecule has 4 nitrogen and oxygen atoms in total. The van der Waals surface area contributed by atoms with E-state index in [9.17, 15) is 4.39 Å². The number of aryl methyl sites for hydroxylation is 1. The van der Waals surface area contributed by atoms with Crippen molar-refractivity contribution in [2.45, 2.75) is 25.7 Å². The molecular formula is C16H15FN4. The molecule has 4 rings (SSSR count). The highest BCUT2D eigenvalue weighted by molar-refractivity contribution is 5.95. The Hall–Kier alpha value is -2.43. The first-order valence-electron chi connectivity index (χ1n) is 7.14. The molecule has 0 spiro atoms. The molecule has 0 fully saturated rings. The quantitative estimate of drug-likeness (QED) is 0.698. The van der Waals surface area contributed by atoms with Crippen LogP contribution < -0.4 is 5.73 Å². The number of hydrogen-bond acceptors (Lipinski definition) is 3. The van der Waals surface area contributed by atoms with E-state index >= 15 is 0 Å². The fourth-order valence-corrected chi connectivity index (χ4v) is 3.11. The first-order chi connectivity index (χ1) is 10.3. The molecule has 0 bridgehead atoms. The Labute approximate surface area is 121 Å². The first-order valence-corrected chi connectivity index (χ1v) is 7.14. The van der Waals surface area contributed by atoms with Crippen LogP contribution in [0, 0.1) is 5.82 Å². The highest BCUT2D eigenvalue weighted by Gasteiger charge is 2.20. The summed E-state index contributed by atoms with van der Waals surface area (Å²) in [6.45, 7) is 0. The minimum atomic E-state index is -0.357. The van der Waals surface area contributed by atoms with Crippen LogP contribution in [0.3, 0.4) is 0 Å². The molecule has 0 amide bonds. The minimum Gasteiger partial charge on any atom is -0.398 e. The highest BCUT2D eigenvalue weighted by Crippen LogP contribution is 2.31. The van der Waals surface area contributed by atoms with Crippen molar-refractivity contribution in [2.24, 2.45) is 0 Å². The van der Waals surface area contributed by atoms with Crippen LogP contribution >= 0.6 is 0 Å². The van der Waals surface area contributed by atoms with Gasteiger partial charge in [0.2, 0.25) is 0 Å². The molecular weight excluding hydrogens is 267 g/mol. The summed E-state index contributed by atoms with van der Waals surface area (Å²) >= 11 is 0. The molecule has 2 N–H and O–H groups in total. The molecule has 0 atom stereocenters. The Morgan fingerprint density at radius 3 is 2.95 bits per heavy atom. The van der Waals surface area contributed by atoms with Gasteiger partial charge in [-0.3, -0.25) is 9.55 Å². The number of benzene rings is 1. The average molecular weight is 282 g/mol. The molecule has 1 aliphatic carbocycles. The SMILES string of the molecule is Nc1cc(F)c(-n2cnc3c2CCCC3)c2ncccc12. The fraction of sp³-hybridized carbons (Fsp3) is 0.250. The lowest BCUT2D eigenvalue weighted by molar-refractivity contribution is 0.611. The molecule has 1 aromatic carbocycles. The number of hydrogen-bond donors (Lipinski definition) is 1. The second kappa shape index (κ2) is 4.55. The maximum atomic E-state index is 14.5. The van der Waals surface area contributed by atoms with E-state index in [1.807, 2.05) is 16.7 Å². The van der Waals surface area contributed by atoms with Gasteiger partial charge in [0.1, 0.15) is 5.69 Å². The Bertz CT molecular complexity index is 838. The lowest BCUT2D eigenvalue weighted by Gasteiger charge is -2.16. The van der Waals surface area contributed by atoms with Gasteiger partial charge in [0, 0.05) is 23.0 Å². The molecule has 106 valence electrons. The maximum absolute atomic E-state index is 14.5. The van der Waals surface area contributed by atoms with Crippen LogP contribution in [0.15, 0.2) is 30.7 Å². The lowest BCUT2D eigenvalue weighted by Crippen LogP contribution is -2.09. The van der Waals surface area contributed by atoms with E-state index in [0.717, 1.165) is 42.5 Å². The van der Waals surface area contributed by atoms with Crippen LogP contribution in [0.25, 0.3) is 16.6 Å². The first kappa shape index (κ1) is 12.3. The van der Waals surface area contributed by atoms with E-state index in [1.54, 1.807) is 12.5 Å². The molecule has 0 aliphatic heterocycles. The summed E-state index contributed by atoms with van der Waals surface area (Å²) in [5.41, 5.74) is 9.53. The third-order valence-electron chi connectivity index (χ3n) is 4.12. The number of nitrogens with two attached hydrogens (primary N) is 1. The monoisotopic (exact) mass is 282 g/mol. The van der Waals surface area contributed by atoms with Crippen LogP contribution in [0.2, 0.25) is 0 Å². The van der Waals surface area contributed by atoms with Gasteiger partial charge in [-0.1, -0.05) is 0 Å². The van der Waals surface area contributed by atoms with E-state index < -0.39 is 0 Å². The predicted molar refractivity (Wildman–Crippen MR) is 79.9 cm³/mol. The molecule has 3 aromatic rings. The maximum Gasteiger partial charge on any atom is 0.151 e. The summed E-state index contributed by atoms with van der Waals surface area (Å²) in [6.07, 6.45) is 7.51. The Balaban J connectivity index is 2.05. The van der Waals surface area contributed by atoms with E-state index in [1.165, 1.54) is 6.07 Å². The van der Waals surface area contributed by atoms with Gasteiger partial charge in [-0.05, 0) is 43.9 Å². The van der Waals surface area contributed by atoms with Crippen LogP contribution in [-0.4, -0.2) is 14.5 Å². The topological polar surface area (TPSA) is 56.7 Å². The second-order valence-corrected chi connectivity index (χ2v) is 5.41. The molecule has 21 heavy (non-hydrogen) atoms. The smallest absolute Gasteiger partial charge is 0.151 e. The third-order valence-corrected chi connectivity index (χ3v) is 4.12. The molecule has 5 heteroatoms. The van der Waals surface area contributed by atoms with Gasteiger partial charge in [-0.25, -0.2) is 9.37 Å². The van der Waals surface area contributed by atoms with Crippen molar-refractivity contribution in [3.05, 3.63) is 47.9 Å². The summed E-state index contributed by atoms with van der Waals surface area (Å²) in [7, 11) is 0.